The first kappa shape index (κ1) is 19.5. The first-order chi connectivity index (χ1) is 13.2. The van der Waals surface area contributed by atoms with Gasteiger partial charge in [0.2, 0.25) is 0 Å². The summed E-state index contributed by atoms with van der Waals surface area (Å²) in [7, 11) is 0. The molecule has 146 valence electrons. The van der Waals surface area contributed by atoms with Crippen LogP contribution in [0.25, 0.3) is 11.6 Å². The van der Waals surface area contributed by atoms with Crippen LogP contribution in [0.1, 0.15) is 39.8 Å². The number of nitrogens with one attached hydrogen (secondary N) is 3. The molecule has 0 aliphatic carbocycles. The largest absolute Gasteiger partial charge is 0.383 e. The number of aliphatic hydroxyl groups excluding tert-OH is 1. The van der Waals surface area contributed by atoms with E-state index in [1.807, 2.05) is 0 Å². The molecular weight excluding hydrogens is 365 g/mol. The number of rotatable bonds is 5. The quantitative estimate of drug-likeness (QED) is 0.590. The molecule has 0 bridgehead atoms. The lowest BCUT2D eigenvalue weighted by molar-refractivity contribution is -0.124. The smallest absolute Gasteiger partial charge is 0.256 e. The van der Waals surface area contributed by atoms with Gasteiger partial charge in [-0.2, -0.15) is 0 Å². The number of hydrogen-bond donors (Lipinski definition) is 4. The lowest BCUT2D eigenvalue weighted by atomic mass is 10.0. The second kappa shape index (κ2) is 7.40. The first-order valence-corrected chi connectivity index (χ1v) is 8.68. The van der Waals surface area contributed by atoms with Gasteiger partial charge in [-0.1, -0.05) is 0 Å². The van der Waals surface area contributed by atoms with Crippen molar-refractivity contribution in [1.82, 2.24) is 10.3 Å². The van der Waals surface area contributed by atoms with E-state index in [0.717, 1.165) is 0 Å². The predicted molar refractivity (Wildman–Crippen MR) is 102 cm³/mol. The zero-order chi connectivity index (χ0) is 20.6. The van der Waals surface area contributed by atoms with Crippen molar-refractivity contribution in [3.05, 3.63) is 52.1 Å². The highest BCUT2D eigenvalue weighted by molar-refractivity contribution is 6.34. The van der Waals surface area contributed by atoms with Gasteiger partial charge in [0.15, 0.2) is 5.78 Å². The third-order valence-electron chi connectivity index (χ3n) is 4.68. The van der Waals surface area contributed by atoms with Gasteiger partial charge in [-0.05, 0) is 50.6 Å². The average Bonchev–Trinajstić information content (AvgIpc) is 3.08. The van der Waals surface area contributed by atoms with Crippen LogP contribution in [0.5, 0.6) is 0 Å². The fourth-order valence-corrected chi connectivity index (χ4v) is 3.13. The number of carbonyl (C=O) groups is 3. The molecule has 8 heteroatoms. The van der Waals surface area contributed by atoms with Gasteiger partial charge in [0.1, 0.15) is 11.9 Å². The van der Waals surface area contributed by atoms with E-state index in [4.69, 9.17) is 0 Å². The Kier molecular flexibility index (Phi) is 5.15. The summed E-state index contributed by atoms with van der Waals surface area (Å²) < 4.78 is 13.6. The van der Waals surface area contributed by atoms with E-state index in [1.165, 1.54) is 25.1 Å². The molecule has 1 aliphatic rings. The van der Waals surface area contributed by atoms with Crippen molar-refractivity contribution in [1.29, 1.82) is 0 Å². The Hall–Kier alpha value is -3.26. The Morgan fingerprint density at radius 3 is 2.71 bits per heavy atom. The van der Waals surface area contributed by atoms with Crippen molar-refractivity contribution in [3.8, 4) is 0 Å². The van der Waals surface area contributed by atoms with E-state index in [2.05, 4.69) is 15.6 Å². The highest BCUT2D eigenvalue weighted by Crippen LogP contribution is 2.34. The standard InChI is InChI=1S/C20H20FN3O4/c1-9-16(7-14-13-6-12(21)4-5-15(13)24-19(14)27)23-10(2)18(9)20(28)22-8-17(26)11(3)25/h4-7,17,23,26H,8H2,1-3H3,(H,22,28)(H,24,27)/b14-7-/t17-/m0/s1. The number of carbonyl (C=O) groups excluding carboxylic acids is 3. The minimum absolute atomic E-state index is 0.191. The molecule has 0 saturated heterocycles. The number of Topliss-reactive ketones (excluding diaryl/α,β-unsaturated/α-hetero) is 1. The normalized spacial score (nSPS) is 15.3. The van der Waals surface area contributed by atoms with Gasteiger partial charge in [0, 0.05) is 22.6 Å². The van der Waals surface area contributed by atoms with Crippen LogP contribution in [0.4, 0.5) is 10.1 Å². The van der Waals surface area contributed by atoms with Gasteiger partial charge in [0.05, 0.1) is 17.7 Å². The summed E-state index contributed by atoms with van der Waals surface area (Å²) in [6.45, 7) is 4.46. The Bertz CT molecular complexity index is 1020. The maximum Gasteiger partial charge on any atom is 0.256 e. The monoisotopic (exact) mass is 385 g/mol. The SMILES string of the molecule is CC(=O)[C@@H](O)CNC(=O)c1c(C)[nH]c(/C=C2\C(=O)Nc3ccc(F)cc32)c1C. The molecular formula is C20H20FN3O4. The van der Waals surface area contributed by atoms with Gasteiger partial charge in [0.25, 0.3) is 11.8 Å². The summed E-state index contributed by atoms with van der Waals surface area (Å²) >= 11 is 0. The van der Waals surface area contributed by atoms with Gasteiger partial charge < -0.3 is 20.7 Å². The van der Waals surface area contributed by atoms with Gasteiger partial charge in [-0.15, -0.1) is 0 Å². The summed E-state index contributed by atoms with van der Waals surface area (Å²) in [5.41, 5.74) is 3.33. The Labute approximate surface area is 160 Å². The second-order valence-corrected chi connectivity index (χ2v) is 6.70. The maximum absolute atomic E-state index is 13.6. The van der Waals surface area contributed by atoms with Crippen molar-refractivity contribution in [2.75, 3.05) is 11.9 Å². The fraction of sp³-hybridized carbons (Fsp3) is 0.250. The molecule has 28 heavy (non-hydrogen) atoms. The Balaban J connectivity index is 1.92. The molecule has 0 unspecified atom stereocenters. The molecule has 3 rings (SSSR count). The number of H-pyrrole nitrogens is 1. The molecule has 1 atom stereocenters. The van der Waals surface area contributed by atoms with Gasteiger partial charge in [-0.25, -0.2) is 4.39 Å². The van der Waals surface area contributed by atoms with Gasteiger partial charge in [-0.3, -0.25) is 14.4 Å². The van der Waals surface area contributed by atoms with E-state index in [0.29, 0.717) is 33.8 Å². The minimum atomic E-state index is -1.27. The van der Waals surface area contributed by atoms with Crippen molar-refractivity contribution < 1.29 is 23.9 Å². The number of halogens is 1. The van der Waals surface area contributed by atoms with Crippen LogP contribution in [-0.4, -0.2) is 40.3 Å². The lowest BCUT2D eigenvalue weighted by Gasteiger charge is -2.09. The molecule has 1 aliphatic heterocycles. The van der Waals surface area contributed by atoms with E-state index >= 15 is 0 Å². The first-order valence-electron chi connectivity index (χ1n) is 8.68. The van der Waals surface area contributed by atoms with Crippen molar-refractivity contribution >= 4 is 34.9 Å². The van der Waals surface area contributed by atoms with Crippen LogP contribution >= 0.6 is 0 Å². The van der Waals surface area contributed by atoms with Crippen molar-refractivity contribution in [3.63, 3.8) is 0 Å². The highest BCUT2D eigenvalue weighted by Gasteiger charge is 2.26. The Morgan fingerprint density at radius 1 is 1.32 bits per heavy atom. The molecule has 1 aromatic heterocycles. The minimum Gasteiger partial charge on any atom is -0.383 e. The summed E-state index contributed by atoms with van der Waals surface area (Å²) in [6, 6.07) is 4.04. The fourth-order valence-electron chi connectivity index (χ4n) is 3.13. The number of fused-ring (bicyclic) bond motifs is 1. The van der Waals surface area contributed by atoms with Crippen LogP contribution in [0.3, 0.4) is 0 Å². The molecule has 0 spiro atoms. The predicted octanol–water partition coefficient (Wildman–Crippen LogP) is 1.94. The number of ketones is 1. The van der Waals surface area contributed by atoms with Crippen LogP contribution in [0.15, 0.2) is 18.2 Å². The average molecular weight is 385 g/mol. The topological polar surface area (TPSA) is 111 Å². The molecule has 0 saturated carbocycles. The van der Waals surface area contributed by atoms with Crippen LogP contribution in [-0.2, 0) is 9.59 Å². The zero-order valence-corrected chi connectivity index (χ0v) is 15.6. The summed E-state index contributed by atoms with van der Waals surface area (Å²) in [5.74, 6) is -1.70. The highest BCUT2D eigenvalue weighted by atomic mass is 19.1. The number of aryl methyl sites for hydroxylation is 1. The molecule has 4 N–H and O–H groups in total. The molecule has 2 heterocycles. The van der Waals surface area contributed by atoms with Gasteiger partial charge >= 0.3 is 0 Å². The molecule has 2 aromatic rings. The Morgan fingerprint density at radius 2 is 2.04 bits per heavy atom. The summed E-state index contributed by atoms with van der Waals surface area (Å²) in [6.07, 6.45) is 0.308. The molecule has 7 nitrogen and oxygen atoms in total. The number of aromatic amines is 1. The maximum atomic E-state index is 13.6. The number of anilines is 1. The number of hydrogen-bond acceptors (Lipinski definition) is 4. The number of aromatic nitrogens is 1. The molecule has 2 amide bonds. The van der Waals surface area contributed by atoms with Crippen LogP contribution < -0.4 is 10.6 Å². The van der Waals surface area contributed by atoms with E-state index in [9.17, 15) is 23.9 Å². The van der Waals surface area contributed by atoms with E-state index < -0.39 is 23.6 Å². The molecule has 1 aromatic carbocycles. The summed E-state index contributed by atoms with van der Waals surface area (Å²) in [4.78, 5) is 38.9. The number of amides is 2. The van der Waals surface area contributed by atoms with Crippen LogP contribution in [0, 0.1) is 19.7 Å². The van der Waals surface area contributed by atoms with Crippen LogP contribution in [0.2, 0.25) is 0 Å². The van der Waals surface area contributed by atoms with Crippen molar-refractivity contribution in [2.45, 2.75) is 26.9 Å². The number of benzene rings is 1. The zero-order valence-electron chi connectivity index (χ0n) is 15.6. The third kappa shape index (κ3) is 3.59. The third-order valence-corrected chi connectivity index (χ3v) is 4.68. The lowest BCUT2D eigenvalue weighted by Crippen LogP contribution is -2.36. The van der Waals surface area contributed by atoms with E-state index in [-0.39, 0.29) is 18.0 Å². The number of aliphatic hydroxyl groups is 1. The molecule has 0 fully saturated rings. The van der Waals surface area contributed by atoms with Crippen molar-refractivity contribution in [2.24, 2.45) is 0 Å². The van der Waals surface area contributed by atoms with E-state index in [1.54, 1.807) is 19.9 Å². The second-order valence-electron chi connectivity index (χ2n) is 6.70. The molecule has 0 radical (unpaired) electrons. The summed E-state index contributed by atoms with van der Waals surface area (Å²) in [5, 5.41) is 14.7.